The van der Waals surface area contributed by atoms with Gasteiger partial charge in [0.15, 0.2) is 0 Å². The minimum absolute atomic E-state index is 0.548. The number of benzene rings is 6. The van der Waals surface area contributed by atoms with E-state index in [0.717, 1.165) is 0 Å². The van der Waals surface area contributed by atoms with Gasteiger partial charge in [-0.3, -0.25) is 0 Å². The summed E-state index contributed by atoms with van der Waals surface area (Å²) in [6.45, 7) is 13.7. The van der Waals surface area contributed by atoms with E-state index in [9.17, 15) is 29.7 Å². The highest BCUT2D eigenvalue weighted by molar-refractivity contribution is 5.86. The smallest absolute Gasteiger partial charge is 0.114 e. The molecule has 392 valence electrons. The SMILES string of the molecule is Cc1ccccc1C(CC(C)c1ccccc1)[NH+](C)C.Cc1ccccc1C(CC(C)c1ccccc1)[NH+](C)C.Cc1ccccc1C(CC(C)c1ccccc1)[NH+](C)C.O=C([O-])CC(O)(CC(=O)[O-])C(=O)[O-]. The summed E-state index contributed by atoms with van der Waals surface area (Å²) < 4.78 is 0. The van der Waals surface area contributed by atoms with Gasteiger partial charge in [-0.05, 0) is 71.9 Å². The van der Waals surface area contributed by atoms with Crippen LogP contribution in [-0.2, 0) is 14.4 Å². The summed E-state index contributed by atoms with van der Waals surface area (Å²) in [5.74, 6) is -4.25. The van der Waals surface area contributed by atoms with Crippen molar-refractivity contribution in [3.8, 4) is 0 Å². The Labute approximate surface area is 437 Å². The molecule has 0 aromatic heterocycles. The number of aryl methyl sites for hydroxylation is 3. The van der Waals surface area contributed by atoms with E-state index in [0.29, 0.717) is 35.9 Å². The Bertz CT molecular complexity index is 2290. The van der Waals surface area contributed by atoms with Gasteiger partial charge in [-0.25, -0.2) is 0 Å². The van der Waals surface area contributed by atoms with Gasteiger partial charge in [0.1, 0.15) is 23.7 Å². The van der Waals surface area contributed by atoms with Crippen LogP contribution in [0.3, 0.4) is 0 Å². The summed E-state index contributed by atoms with van der Waals surface area (Å²) in [7, 11) is 13.6. The molecule has 0 spiro atoms. The van der Waals surface area contributed by atoms with E-state index in [1.807, 2.05) is 0 Å². The highest BCUT2D eigenvalue weighted by atomic mass is 16.4. The van der Waals surface area contributed by atoms with Crippen LogP contribution in [0.25, 0.3) is 0 Å². The van der Waals surface area contributed by atoms with Crippen LogP contribution < -0.4 is 30.0 Å². The topological polar surface area (TPSA) is 154 Å². The fourth-order valence-electron chi connectivity index (χ4n) is 9.45. The molecule has 10 nitrogen and oxygen atoms in total. The van der Waals surface area contributed by atoms with Crippen LogP contribution in [0.2, 0.25) is 0 Å². The van der Waals surface area contributed by atoms with E-state index in [4.69, 9.17) is 5.11 Å². The molecular formula is C63H83N3O7. The largest absolute Gasteiger partial charge is 0.550 e. The molecule has 6 rings (SSSR count). The average Bonchev–Trinajstić information content (AvgIpc) is 3.35. The van der Waals surface area contributed by atoms with Crippen LogP contribution in [-0.4, -0.2) is 70.9 Å². The Morgan fingerprint density at radius 2 is 0.630 bits per heavy atom. The van der Waals surface area contributed by atoms with Crippen LogP contribution >= 0.6 is 0 Å². The standard InChI is InChI=1S/3C19H25N.C6H8O7/c3*1-15-10-8-9-13-18(15)19(20(3)4)14-16(2)17-11-6-5-7-12-17;7-3(8)1-6(13,5(11)12)2-4(9)10/h3*5-13,16,19H,14H2,1-4H3;13H,1-2H2,(H,7,8)(H,9,10)(H,11,12). The lowest BCUT2D eigenvalue weighted by Gasteiger charge is -2.29. The molecule has 0 saturated carbocycles. The maximum absolute atomic E-state index is 10.1. The molecule has 0 heterocycles. The van der Waals surface area contributed by atoms with E-state index in [1.165, 1.54) is 84.0 Å². The average molecular weight is 994 g/mol. The Balaban J connectivity index is 0.000000260. The van der Waals surface area contributed by atoms with Crippen LogP contribution in [0.15, 0.2) is 164 Å². The molecule has 0 fully saturated rings. The third-order valence-corrected chi connectivity index (χ3v) is 13.9. The van der Waals surface area contributed by atoms with E-state index >= 15 is 0 Å². The molecule has 0 aliphatic heterocycles. The first-order chi connectivity index (χ1) is 34.6. The maximum Gasteiger partial charge on any atom is 0.114 e. The van der Waals surface area contributed by atoms with Crippen molar-refractivity contribution in [2.24, 2.45) is 0 Å². The van der Waals surface area contributed by atoms with Gasteiger partial charge in [0.05, 0.1) is 48.3 Å². The van der Waals surface area contributed by atoms with Gasteiger partial charge in [0.2, 0.25) is 0 Å². The molecule has 0 bridgehead atoms. The number of nitrogens with one attached hydrogen (secondary N) is 3. The van der Waals surface area contributed by atoms with Crippen LogP contribution in [0.4, 0.5) is 0 Å². The summed E-state index contributed by atoms with van der Waals surface area (Å²) in [6, 6.07) is 60.5. The highest BCUT2D eigenvalue weighted by Crippen LogP contribution is 2.30. The summed E-state index contributed by atoms with van der Waals surface area (Å²) in [5, 5.41) is 38.9. The number of hydrogen-bond acceptors (Lipinski definition) is 7. The van der Waals surface area contributed by atoms with Crippen molar-refractivity contribution in [1.29, 1.82) is 0 Å². The van der Waals surface area contributed by atoms with Crippen molar-refractivity contribution >= 4 is 17.9 Å². The summed E-state index contributed by atoms with van der Waals surface area (Å²) in [6.07, 6.45) is 0.818. The highest BCUT2D eigenvalue weighted by Gasteiger charge is 2.29. The zero-order valence-corrected chi connectivity index (χ0v) is 45.5. The number of hydrogen-bond donors (Lipinski definition) is 4. The molecule has 0 aliphatic carbocycles. The van der Waals surface area contributed by atoms with Gasteiger partial charge >= 0.3 is 0 Å². The van der Waals surface area contributed by atoms with Crippen molar-refractivity contribution in [3.05, 3.63) is 214 Å². The number of carbonyl (C=O) groups is 3. The van der Waals surface area contributed by atoms with Crippen LogP contribution in [0.1, 0.15) is 139 Å². The maximum atomic E-state index is 10.1. The minimum Gasteiger partial charge on any atom is -0.550 e. The number of aliphatic carboxylic acids is 3. The number of carboxylic acid groups (broad SMARTS) is 3. The van der Waals surface area contributed by atoms with Gasteiger partial charge in [0, 0.05) is 60.7 Å². The molecule has 0 aliphatic rings. The van der Waals surface area contributed by atoms with Gasteiger partial charge in [-0.2, -0.15) is 0 Å². The van der Waals surface area contributed by atoms with Gasteiger partial charge in [-0.1, -0.05) is 185 Å². The van der Waals surface area contributed by atoms with Gasteiger partial charge in [-0.15, -0.1) is 0 Å². The summed E-state index contributed by atoms with van der Waals surface area (Å²) in [5.41, 5.74) is 9.99. The Morgan fingerprint density at radius 1 is 0.411 bits per heavy atom. The van der Waals surface area contributed by atoms with Crippen molar-refractivity contribution in [1.82, 2.24) is 0 Å². The number of rotatable bonds is 20. The normalized spacial score (nSPS) is 13.6. The lowest BCUT2D eigenvalue weighted by Crippen LogP contribution is -3.06. The molecule has 6 atom stereocenters. The fourth-order valence-corrected chi connectivity index (χ4v) is 9.45. The van der Waals surface area contributed by atoms with E-state index in [1.54, 1.807) is 0 Å². The molecule has 0 amide bonds. The second-order valence-corrected chi connectivity index (χ2v) is 20.5. The molecule has 0 saturated heterocycles. The van der Waals surface area contributed by atoms with Crippen molar-refractivity contribution in [2.75, 3.05) is 42.3 Å². The number of carboxylic acids is 3. The van der Waals surface area contributed by atoms with Crippen molar-refractivity contribution in [2.45, 2.75) is 115 Å². The Hall–Kier alpha value is -6.43. The number of aliphatic hydroxyl groups is 1. The van der Waals surface area contributed by atoms with E-state index in [2.05, 4.69) is 248 Å². The monoisotopic (exact) mass is 994 g/mol. The molecule has 4 N–H and O–H groups in total. The number of carbonyl (C=O) groups excluding carboxylic acids is 3. The van der Waals surface area contributed by atoms with E-state index < -0.39 is 36.4 Å². The number of quaternary nitrogens is 3. The summed E-state index contributed by atoms with van der Waals surface area (Å²) >= 11 is 0. The predicted molar refractivity (Wildman–Crippen MR) is 288 cm³/mol. The molecule has 0 radical (unpaired) electrons. The van der Waals surface area contributed by atoms with Crippen molar-refractivity contribution < 1.29 is 49.5 Å². The first kappa shape index (κ1) is 60.9. The lowest BCUT2D eigenvalue weighted by atomic mass is 9.88. The molecule has 6 aromatic rings. The lowest BCUT2D eigenvalue weighted by molar-refractivity contribution is -0.893. The van der Waals surface area contributed by atoms with Gasteiger partial charge in [0.25, 0.3) is 0 Å². The predicted octanol–water partition coefficient (Wildman–Crippen LogP) is 4.87. The van der Waals surface area contributed by atoms with Gasteiger partial charge < -0.3 is 49.5 Å². The molecule has 73 heavy (non-hydrogen) atoms. The molecule has 10 heteroatoms. The molecule has 6 aromatic carbocycles. The zero-order chi connectivity index (χ0) is 54.3. The first-order valence-corrected chi connectivity index (χ1v) is 25.6. The Kier molecular flexibility index (Phi) is 25.5. The second kappa shape index (κ2) is 30.6. The third kappa shape index (κ3) is 20.2. The first-order valence-electron chi connectivity index (χ1n) is 25.6. The molecule has 6 unspecified atom stereocenters. The quantitative estimate of drug-likeness (QED) is 0.0852. The van der Waals surface area contributed by atoms with Crippen LogP contribution in [0.5, 0.6) is 0 Å². The summed E-state index contributed by atoms with van der Waals surface area (Å²) in [4.78, 5) is 34.5. The zero-order valence-electron chi connectivity index (χ0n) is 45.5. The third-order valence-electron chi connectivity index (χ3n) is 13.9. The Morgan fingerprint density at radius 3 is 0.822 bits per heavy atom. The second-order valence-electron chi connectivity index (χ2n) is 20.5. The van der Waals surface area contributed by atoms with Crippen molar-refractivity contribution in [3.63, 3.8) is 0 Å². The fraction of sp³-hybridized carbons (Fsp3) is 0.381. The molecular weight excluding hydrogens is 911 g/mol. The van der Waals surface area contributed by atoms with Crippen LogP contribution in [0, 0.1) is 20.8 Å². The minimum atomic E-state index is -2.97. The van der Waals surface area contributed by atoms with E-state index in [-0.39, 0.29) is 0 Å².